The number of aromatic nitrogens is 10. The number of benzene rings is 4. The summed E-state index contributed by atoms with van der Waals surface area (Å²) < 4.78 is 3.62. The van der Waals surface area contributed by atoms with Gasteiger partial charge in [-0.3, -0.25) is 4.40 Å². The number of carboxylic acids is 2. The third kappa shape index (κ3) is 8.37. The predicted molar refractivity (Wildman–Crippen MR) is 253 cm³/mol. The van der Waals surface area contributed by atoms with Crippen molar-refractivity contribution < 1.29 is 19.8 Å². The maximum Gasteiger partial charge on any atom is 0.356 e. The van der Waals surface area contributed by atoms with Crippen LogP contribution >= 0.6 is 23.2 Å². The van der Waals surface area contributed by atoms with Gasteiger partial charge in [0.05, 0.1) is 34.5 Å². The highest BCUT2D eigenvalue weighted by molar-refractivity contribution is 6.30. The zero-order valence-corrected chi connectivity index (χ0v) is 37.2. The zero-order valence-electron chi connectivity index (χ0n) is 35.6. The van der Waals surface area contributed by atoms with Gasteiger partial charge in [0, 0.05) is 33.0 Å². The molecule has 0 bridgehead atoms. The van der Waals surface area contributed by atoms with Crippen molar-refractivity contribution in [3.63, 3.8) is 0 Å². The standard InChI is InChI=1S/2C24H19ClN6O2/c1-13-10-16(14(2)27-18-8-9-19(25)28-21(18)24(32)33)20-17(11-13)23-30-26-12-31(23)22(29-20)15-6-4-3-5-7-15;1-13-10-16(14(2)28-18-8-9-19(25)29-21(18)24(32)33)20-17(11-13)23-26-12-27-31(23)22(30-20)15-6-4-3-5-7-15/h3-12,14,27H,1-2H3,(H,32,33);3-12,14,28H,1-2H3,(H,32,33). The summed E-state index contributed by atoms with van der Waals surface area (Å²) in [6.07, 6.45) is 3.18. The molecule has 10 rings (SSSR count). The van der Waals surface area contributed by atoms with Gasteiger partial charge in [0.25, 0.3) is 0 Å². The second-order valence-corrected chi connectivity index (χ2v) is 16.3. The number of halogens is 2. The van der Waals surface area contributed by atoms with E-state index in [0.717, 1.165) is 61.0 Å². The number of aromatic carboxylic acids is 2. The largest absolute Gasteiger partial charge is 0.476 e. The number of rotatable bonds is 10. The minimum atomic E-state index is -1.16. The van der Waals surface area contributed by atoms with Crippen LogP contribution in [-0.4, -0.2) is 71.3 Å². The Morgan fingerprint density at radius 1 is 0.621 bits per heavy atom. The zero-order chi connectivity index (χ0) is 46.2. The molecule has 16 nitrogen and oxygen atoms in total. The van der Waals surface area contributed by atoms with Crippen LogP contribution in [0, 0.1) is 13.8 Å². The van der Waals surface area contributed by atoms with Gasteiger partial charge in [0.1, 0.15) is 28.8 Å². The minimum Gasteiger partial charge on any atom is -0.476 e. The minimum absolute atomic E-state index is 0.120. The average molecular weight is 918 g/mol. The molecule has 2 unspecified atom stereocenters. The van der Waals surface area contributed by atoms with E-state index in [9.17, 15) is 19.8 Å². The number of anilines is 2. The van der Waals surface area contributed by atoms with E-state index in [-0.39, 0.29) is 33.8 Å². The van der Waals surface area contributed by atoms with E-state index >= 15 is 0 Å². The lowest BCUT2D eigenvalue weighted by Gasteiger charge is -2.20. The first-order chi connectivity index (χ1) is 31.8. The van der Waals surface area contributed by atoms with Crippen LogP contribution in [-0.2, 0) is 0 Å². The van der Waals surface area contributed by atoms with E-state index in [1.807, 2.05) is 117 Å². The average Bonchev–Trinajstić information content (AvgIpc) is 4.02. The number of fused-ring (bicyclic) bond motifs is 6. The molecule has 4 N–H and O–H groups in total. The molecular weight excluding hydrogens is 880 g/mol. The molecule has 6 aromatic heterocycles. The molecule has 328 valence electrons. The van der Waals surface area contributed by atoms with E-state index in [1.165, 1.54) is 6.33 Å². The Morgan fingerprint density at radius 2 is 1.11 bits per heavy atom. The van der Waals surface area contributed by atoms with Crippen molar-refractivity contribution in [1.29, 1.82) is 0 Å². The van der Waals surface area contributed by atoms with Crippen LogP contribution < -0.4 is 10.6 Å². The first-order valence-corrected chi connectivity index (χ1v) is 21.3. The lowest BCUT2D eigenvalue weighted by atomic mass is 10.0. The van der Waals surface area contributed by atoms with Gasteiger partial charge in [-0.05, 0) is 75.2 Å². The van der Waals surface area contributed by atoms with Crippen LogP contribution in [0.25, 0.3) is 55.9 Å². The monoisotopic (exact) mass is 916 g/mol. The smallest absolute Gasteiger partial charge is 0.356 e. The molecule has 0 amide bonds. The van der Waals surface area contributed by atoms with Crippen molar-refractivity contribution in [3.05, 3.63) is 166 Å². The van der Waals surface area contributed by atoms with E-state index in [2.05, 4.69) is 40.9 Å². The SMILES string of the molecule is Cc1cc(C(C)Nc2ccc(Cl)nc2C(=O)O)c2nc(-c3ccccc3)n3cnnc3c2c1.Cc1cc(C(C)Nc2ccc(Cl)nc2C(=O)O)c2nc(-c3ccccc3)n3ncnc3c2c1. The fraction of sp³-hybridized carbons (Fsp3) is 0.125. The number of hydrogen-bond donors (Lipinski definition) is 4. The van der Waals surface area contributed by atoms with Crippen LogP contribution in [0.15, 0.2) is 122 Å². The Morgan fingerprint density at radius 3 is 1.62 bits per heavy atom. The molecule has 0 radical (unpaired) electrons. The van der Waals surface area contributed by atoms with Crippen molar-refractivity contribution in [3.8, 4) is 22.8 Å². The third-order valence-electron chi connectivity index (χ3n) is 10.9. The molecule has 10 aromatic rings. The van der Waals surface area contributed by atoms with Gasteiger partial charge in [-0.1, -0.05) is 96.0 Å². The highest BCUT2D eigenvalue weighted by Crippen LogP contribution is 2.34. The summed E-state index contributed by atoms with van der Waals surface area (Å²) in [6, 6.07) is 33.6. The number of carboxylic acid groups (broad SMARTS) is 2. The van der Waals surface area contributed by atoms with Crippen molar-refractivity contribution in [2.45, 2.75) is 39.8 Å². The van der Waals surface area contributed by atoms with Crippen LogP contribution in [0.2, 0.25) is 10.3 Å². The van der Waals surface area contributed by atoms with Gasteiger partial charge < -0.3 is 20.8 Å². The summed E-state index contributed by atoms with van der Waals surface area (Å²) in [5.41, 5.74) is 9.12. The van der Waals surface area contributed by atoms with Gasteiger partial charge in [0.2, 0.25) is 0 Å². The van der Waals surface area contributed by atoms with Crippen molar-refractivity contribution in [2.24, 2.45) is 0 Å². The summed E-state index contributed by atoms with van der Waals surface area (Å²) in [5.74, 6) is -0.918. The molecule has 0 aliphatic rings. The Bertz CT molecular complexity index is 3260. The number of hydrogen-bond acceptors (Lipinski definition) is 12. The van der Waals surface area contributed by atoms with E-state index in [1.54, 1.807) is 35.1 Å². The topological polar surface area (TPSA) is 211 Å². The van der Waals surface area contributed by atoms with Crippen molar-refractivity contribution in [1.82, 2.24) is 49.1 Å². The fourth-order valence-corrected chi connectivity index (χ4v) is 8.24. The quantitative estimate of drug-likeness (QED) is 0.0941. The predicted octanol–water partition coefficient (Wildman–Crippen LogP) is 10.3. The molecule has 0 aliphatic heterocycles. The summed E-state index contributed by atoms with van der Waals surface area (Å²) in [5, 5.41) is 40.5. The maximum atomic E-state index is 11.7. The number of nitrogens with zero attached hydrogens (tertiary/aromatic N) is 10. The number of nitrogens with one attached hydrogen (secondary N) is 2. The van der Waals surface area contributed by atoms with Crippen LogP contribution in [0.5, 0.6) is 0 Å². The molecule has 4 aromatic carbocycles. The van der Waals surface area contributed by atoms with Gasteiger partial charge in [0.15, 0.2) is 28.5 Å². The molecule has 66 heavy (non-hydrogen) atoms. The second-order valence-electron chi connectivity index (χ2n) is 15.5. The molecule has 0 spiro atoms. The van der Waals surface area contributed by atoms with E-state index in [0.29, 0.717) is 28.5 Å². The number of carbonyl (C=O) groups is 2. The Hall–Kier alpha value is -8.08. The normalized spacial score (nSPS) is 12.2. The molecule has 0 saturated carbocycles. The van der Waals surface area contributed by atoms with E-state index < -0.39 is 11.9 Å². The lowest BCUT2D eigenvalue weighted by molar-refractivity contribution is 0.0681. The Labute approximate surface area is 386 Å². The van der Waals surface area contributed by atoms with Gasteiger partial charge in [-0.15, -0.1) is 10.2 Å². The molecule has 0 aliphatic carbocycles. The lowest BCUT2D eigenvalue weighted by Crippen LogP contribution is -2.13. The molecule has 18 heteroatoms. The van der Waals surface area contributed by atoms with Crippen LogP contribution in [0.3, 0.4) is 0 Å². The maximum absolute atomic E-state index is 11.7. The first kappa shape index (κ1) is 43.2. The molecule has 2 atom stereocenters. The highest BCUT2D eigenvalue weighted by Gasteiger charge is 2.23. The first-order valence-electron chi connectivity index (χ1n) is 20.6. The van der Waals surface area contributed by atoms with Gasteiger partial charge in [-0.25, -0.2) is 34.5 Å². The van der Waals surface area contributed by atoms with Gasteiger partial charge >= 0.3 is 11.9 Å². The Kier molecular flexibility index (Phi) is 11.7. The second kappa shape index (κ2) is 17.8. The molecule has 0 fully saturated rings. The summed E-state index contributed by atoms with van der Waals surface area (Å²) >= 11 is 11.8. The van der Waals surface area contributed by atoms with E-state index in [4.69, 9.17) is 33.2 Å². The van der Waals surface area contributed by atoms with Crippen molar-refractivity contribution in [2.75, 3.05) is 10.6 Å². The fourth-order valence-electron chi connectivity index (χ4n) is 7.95. The summed E-state index contributed by atoms with van der Waals surface area (Å²) in [6.45, 7) is 7.90. The highest BCUT2D eigenvalue weighted by atomic mass is 35.5. The van der Waals surface area contributed by atoms with Gasteiger partial charge in [-0.2, -0.15) is 9.61 Å². The summed E-state index contributed by atoms with van der Waals surface area (Å²) in [7, 11) is 0. The molecule has 6 heterocycles. The van der Waals surface area contributed by atoms with Crippen molar-refractivity contribution >= 4 is 79.6 Å². The molecule has 0 saturated heterocycles. The summed E-state index contributed by atoms with van der Waals surface area (Å²) in [4.78, 5) is 45.8. The number of pyridine rings is 2. The Balaban J connectivity index is 0.000000166. The molecular formula is C48H38Cl2N12O4. The number of aryl methyl sites for hydroxylation is 2. The van der Waals surface area contributed by atoms with Crippen LogP contribution in [0.1, 0.15) is 69.2 Å². The van der Waals surface area contributed by atoms with Crippen LogP contribution in [0.4, 0.5) is 11.4 Å². The third-order valence-corrected chi connectivity index (χ3v) is 11.3.